The number of thioether (sulfide) groups is 1. The van der Waals surface area contributed by atoms with Crippen LogP contribution in [0.3, 0.4) is 0 Å². The third kappa shape index (κ3) is 9.19. The van der Waals surface area contributed by atoms with Crippen LogP contribution in [0, 0.1) is 0 Å². The number of morpholine rings is 1. The maximum atomic E-state index is 13.7. The first-order valence-corrected chi connectivity index (χ1v) is 18.0. The normalized spacial score (nSPS) is 15.8. The van der Waals surface area contributed by atoms with Crippen molar-refractivity contribution in [1.82, 2.24) is 9.80 Å². The van der Waals surface area contributed by atoms with Crippen molar-refractivity contribution >= 4 is 57.0 Å². The molecule has 0 radical (unpaired) electrons. The first-order valence-electron chi connectivity index (χ1n) is 16.7. The number of benzene rings is 4. The molecule has 4 aromatic rings. The summed E-state index contributed by atoms with van der Waals surface area (Å²) < 4.78 is 29.0. The van der Waals surface area contributed by atoms with Crippen LogP contribution in [0.15, 0.2) is 77.7 Å². The Labute approximate surface area is 306 Å². The molecule has 0 aliphatic carbocycles. The standard InChI is InChI=1S/C39H40N2O8S2/c1-45-32-9-7-28-22-27(5-6-30(28)24-32)29-8-11-33(49-19-15-40-13-17-47-18-14-40)31(23-29)25-36-38(44)41(39(50)51-36)12-3-16-48-35-20-26(21-37(42)43)4-10-34(35)46-2/h4-11,20,22-25H,3,12-19,21H2,1-2H3,(H,42,43). The Kier molecular flexibility index (Phi) is 12.1. The van der Waals surface area contributed by atoms with E-state index in [1.54, 1.807) is 30.2 Å². The molecule has 2 saturated heterocycles. The third-order valence-electron chi connectivity index (χ3n) is 8.69. The summed E-state index contributed by atoms with van der Waals surface area (Å²) in [5, 5.41) is 11.3. The number of hydrogen-bond acceptors (Lipinski definition) is 10. The van der Waals surface area contributed by atoms with Crippen LogP contribution in [0.5, 0.6) is 23.0 Å². The second kappa shape index (κ2) is 17.1. The number of aliphatic carboxylic acids is 1. The van der Waals surface area contributed by atoms with Gasteiger partial charge in [-0.15, -0.1) is 0 Å². The van der Waals surface area contributed by atoms with Gasteiger partial charge in [-0.3, -0.25) is 19.4 Å². The van der Waals surface area contributed by atoms with E-state index >= 15 is 0 Å². The van der Waals surface area contributed by atoms with Gasteiger partial charge in [0.05, 0.1) is 45.4 Å². The number of thiocarbonyl (C=S) groups is 1. The van der Waals surface area contributed by atoms with E-state index in [9.17, 15) is 9.59 Å². The molecule has 4 aromatic carbocycles. The molecule has 0 unspecified atom stereocenters. The highest BCUT2D eigenvalue weighted by molar-refractivity contribution is 8.26. The second-order valence-corrected chi connectivity index (χ2v) is 13.7. The molecule has 0 saturated carbocycles. The van der Waals surface area contributed by atoms with Crippen molar-refractivity contribution < 1.29 is 38.4 Å². The largest absolute Gasteiger partial charge is 0.497 e. The fourth-order valence-electron chi connectivity index (χ4n) is 5.97. The predicted octanol–water partition coefficient (Wildman–Crippen LogP) is 6.53. The van der Waals surface area contributed by atoms with Gasteiger partial charge in [0.15, 0.2) is 11.5 Å². The lowest BCUT2D eigenvalue weighted by molar-refractivity contribution is -0.136. The monoisotopic (exact) mass is 728 g/mol. The van der Waals surface area contributed by atoms with Gasteiger partial charge in [-0.2, -0.15) is 0 Å². The lowest BCUT2D eigenvalue weighted by Gasteiger charge is -2.26. The molecule has 0 spiro atoms. The molecule has 2 fully saturated rings. The van der Waals surface area contributed by atoms with Crippen LogP contribution in [0.25, 0.3) is 28.0 Å². The highest BCUT2D eigenvalue weighted by Crippen LogP contribution is 2.37. The summed E-state index contributed by atoms with van der Waals surface area (Å²) in [7, 11) is 3.19. The Balaban J connectivity index is 1.18. The lowest BCUT2D eigenvalue weighted by Crippen LogP contribution is -2.38. The number of carbonyl (C=O) groups excluding carboxylic acids is 1. The van der Waals surface area contributed by atoms with Crippen LogP contribution in [-0.2, 0) is 20.7 Å². The number of carboxylic acids is 1. The quantitative estimate of drug-likeness (QED) is 0.0821. The van der Waals surface area contributed by atoms with E-state index in [2.05, 4.69) is 29.2 Å². The third-order valence-corrected chi connectivity index (χ3v) is 10.1. The molecule has 1 N–H and O–H groups in total. The first-order chi connectivity index (χ1) is 24.8. The zero-order valence-corrected chi connectivity index (χ0v) is 30.2. The van der Waals surface area contributed by atoms with E-state index in [0.717, 1.165) is 66.1 Å². The molecule has 2 heterocycles. The maximum Gasteiger partial charge on any atom is 0.307 e. The maximum absolute atomic E-state index is 13.7. The fraction of sp³-hybridized carbons (Fsp3) is 0.308. The van der Waals surface area contributed by atoms with Gasteiger partial charge in [0, 0.05) is 31.7 Å². The molecular formula is C39H40N2O8S2. The minimum Gasteiger partial charge on any atom is -0.497 e. The van der Waals surface area contributed by atoms with E-state index in [1.165, 1.54) is 18.9 Å². The Morgan fingerprint density at radius 3 is 2.37 bits per heavy atom. The molecule has 12 heteroatoms. The Bertz CT molecular complexity index is 1940. The lowest BCUT2D eigenvalue weighted by atomic mass is 9.99. The molecular weight excluding hydrogens is 689 g/mol. The highest BCUT2D eigenvalue weighted by Gasteiger charge is 2.32. The van der Waals surface area contributed by atoms with E-state index in [4.69, 9.17) is 41.0 Å². The van der Waals surface area contributed by atoms with E-state index in [-0.39, 0.29) is 18.9 Å². The van der Waals surface area contributed by atoms with E-state index in [1.807, 2.05) is 36.4 Å². The van der Waals surface area contributed by atoms with Crippen LogP contribution in [0.4, 0.5) is 0 Å². The average Bonchev–Trinajstić information content (AvgIpc) is 3.41. The van der Waals surface area contributed by atoms with E-state index < -0.39 is 5.97 Å². The summed E-state index contributed by atoms with van der Waals surface area (Å²) in [6.45, 7) is 5.12. The van der Waals surface area contributed by atoms with Crippen LogP contribution >= 0.6 is 24.0 Å². The van der Waals surface area contributed by atoms with Crippen molar-refractivity contribution in [2.24, 2.45) is 0 Å². The number of ether oxygens (including phenoxy) is 5. The van der Waals surface area contributed by atoms with Crippen LogP contribution in [0.1, 0.15) is 17.5 Å². The zero-order chi connectivity index (χ0) is 35.7. The first kappa shape index (κ1) is 36.2. The molecule has 10 nitrogen and oxygen atoms in total. The Morgan fingerprint density at radius 2 is 1.59 bits per heavy atom. The molecule has 1 amide bonds. The average molecular weight is 729 g/mol. The molecule has 266 valence electrons. The number of carbonyl (C=O) groups is 2. The van der Waals surface area contributed by atoms with Crippen molar-refractivity contribution in [3.8, 4) is 34.1 Å². The number of hydrogen-bond donors (Lipinski definition) is 1. The molecule has 0 bridgehead atoms. The number of amides is 1. The van der Waals surface area contributed by atoms with Crippen LogP contribution < -0.4 is 18.9 Å². The van der Waals surface area contributed by atoms with Crippen molar-refractivity contribution in [2.45, 2.75) is 12.8 Å². The summed E-state index contributed by atoms with van der Waals surface area (Å²) in [5.74, 6) is 1.36. The topological polar surface area (TPSA) is 107 Å². The van der Waals surface area contributed by atoms with Crippen molar-refractivity contribution in [1.29, 1.82) is 0 Å². The van der Waals surface area contributed by atoms with Crippen molar-refractivity contribution in [3.05, 3.63) is 88.8 Å². The van der Waals surface area contributed by atoms with Gasteiger partial charge in [-0.25, -0.2) is 0 Å². The number of fused-ring (bicyclic) bond motifs is 1. The van der Waals surface area contributed by atoms with Gasteiger partial charge in [0.2, 0.25) is 0 Å². The highest BCUT2D eigenvalue weighted by atomic mass is 32.2. The van der Waals surface area contributed by atoms with Crippen LogP contribution in [0.2, 0.25) is 0 Å². The SMILES string of the molecule is COc1ccc2cc(-c3ccc(OCCN4CCOCC4)c(C=C4SC(=S)N(CCCOc5cc(CC(=O)O)ccc5OC)C4=O)c3)ccc2c1. The molecule has 0 aromatic heterocycles. The van der Waals surface area contributed by atoms with Crippen molar-refractivity contribution in [3.63, 3.8) is 0 Å². The summed E-state index contributed by atoms with van der Waals surface area (Å²) in [6.07, 6.45) is 2.25. The molecule has 51 heavy (non-hydrogen) atoms. The number of rotatable bonds is 15. The number of methoxy groups -OCH3 is 2. The minimum atomic E-state index is -0.929. The molecule has 2 aliphatic rings. The molecule has 0 atom stereocenters. The van der Waals surface area contributed by atoms with Crippen LogP contribution in [-0.4, -0.2) is 97.9 Å². The van der Waals surface area contributed by atoms with Gasteiger partial charge in [-0.05, 0) is 82.4 Å². The fourth-order valence-corrected chi connectivity index (χ4v) is 7.27. The van der Waals surface area contributed by atoms with Gasteiger partial charge in [-0.1, -0.05) is 54.3 Å². The molecule has 6 rings (SSSR count). The number of nitrogens with zero attached hydrogens (tertiary/aromatic N) is 2. The second-order valence-electron chi connectivity index (χ2n) is 12.1. The smallest absolute Gasteiger partial charge is 0.307 e. The zero-order valence-electron chi connectivity index (χ0n) is 28.6. The Morgan fingerprint density at radius 1 is 0.863 bits per heavy atom. The minimum absolute atomic E-state index is 0.120. The van der Waals surface area contributed by atoms with Gasteiger partial charge >= 0.3 is 5.97 Å². The van der Waals surface area contributed by atoms with Gasteiger partial charge in [0.1, 0.15) is 22.4 Å². The molecule has 2 aliphatic heterocycles. The van der Waals surface area contributed by atoms with E-state index in [0.29, 0.717) is 51.6 Å². The predicted molar refractivity (Wildman–Crippen MR) is 203 cm³/mol. The summed E-state index contributed by atoms with van der Waals surface area (Å²) in [6, 6.07) is 23.4. The summed E-state index contributed by atoms with van der Waals surface area (Å²) in [5.41, 5.74) is 3.44. The summed E-state index contributed by atoms with van der Waals surface area (Å²) in [4.78, 5) is 29.3. The Hall–Kier alpha value is -4.62. The number of carboxylic acid groups (broad SMARTS) is 1. The van der Waals surface area contributed by atoms with Gasteiger partial charge in [0.25, 0.3) is 5.91 Å². The van der Waals surface area contributed by atoms with Gasteiger partial charge < -0.3 is 28.8 Å². The summed E-state index contributed by atoms with van der Waals surface area (Å²) >= 11 is 6.92. The van der Waals surface area contributed by atoms with Crippen molar-refractivity contribution in [2.75, 3.05) is 66.8 Å².